The van der Waals surface area contributed by atoms with Crippen LogP contribution in [0.1, 0.15) is 36.9 Å². The minimum absolute atomic E-state index is 0.641. The van der Waals surface area contributed by atoms with Crippen LogP contribution < -0.4 is 10.2 Å². The van der Waals surface area contributed by atoms with E-state index in [-0.39, 0.29) is 0 Å². The number of piperidine rings is 1. The Hall–Kier alpha value is -1.11. The van der Waals surface area contributed by atoms with Crippen molar-refractivity contribution in [3.05, 3.63) is 11.3 Å². The van der Waals surface area contributed by atoms with Gasteiger partial charge in [-0.1, -0.05) is 6.42 Å². The van der Waals surface area contributed by atoms with Gasteiger partial charge in [0, 0.05) is 50.9 Å². The van der Waals surface area contributed by atoms with Gasteiger partial charge in [-0.15, -0.1) is 0 Å². The molecule has 0 aliphatic carbocycles. The summed E-state index contributed by atoms with van der Waals surface area (Å²) in [6.45, 7) is 9.20. The van der Waals surface area contributed by atoms with Crippen molar-refractivity contribution in [1.82, 2.24) is 20.0 Å². The Balaban J connectivity index is 1.46. The van der Waals surface area contributed by atoms with Crippen molar-refractivity contribution >= 4 is 5.82 Å². The number of anilines is 1. The van der Waals surface area contributed by atoms with Crippen molar-refractivity contribution in [2.75, 3.05) is 44.3 Å². The van der Waals surface area contributed by atoms with Gasteiger partial charge in [-0.3, -0.25) is 9.58 Å². The highest BCUT2D eigenvalue weighted by Gasteiger charge is 2.35. The molecule has 3 aliphatic heterocycles. The number of nitrogens with zero attached hydrogens (tertiary/aromatic N) is 4. The maximum atomic E-state index is 5.52. The van der Waals surface area contributed by atoms with E-state index in [0.29, 0.717) is 6.04 Å². The number of ether oxygens (including phenoxy) is 1. The van der Waals surface area contributed by atoms with E-state index in [2.05, 4.69) is 33.8 Å². The molecular formula is C18H31N5O. The molecule has 0 spiro atoms. The third-order valence-electron chi connectivity index (χ3n) is 6.02. The summed E-state index contributed by atoms with van der Waals surface area (Å²) in [7, 11) is 2.07. The lowest BCUT2D eigenvalue weighted by Gasteiger charge is -2.33. The third kappa shape index (κ3) is 3.07. The first-order chi connectivity index (χ1) is 11.7. The molecule has 1 aromatic rings. The van der Waals surface area contributed by atoms with Crippen LogP contribution in [0.5, 0.6) is 0 Å². The summed E-state index contributed by atoms with van der Waals surface area (Å²) in [5.74, 6) is 1.28. The van der Waals surface area contributed by atoms with E-state index >= 15 is 0 Å². The zero-order valence-electron chi connectivity index (χ0n) is 15.1. The van der Waals surface area contributed by atoms with Crippen LogP contribution in [0.3, 0.4) is 0 Å². The minimum Gasteiger partial charge on any atom is -0.378 e. The summed E-state index contributed by atoms with van der Waals surface area (Å²) in [5.41, 5.74) is 2.53. The maximum Gasteiger partial charge on any atom is 0.131 e. The average molecular weight is 333 g/mol. The predicted octanol–water partition coefficient (Wildman–Crippen LogP) is 1.28. The molecule has 0 aromatic carbocycles. The van der Waals surface area contributed by atoms with Crippen molar-refractivity contribution in [2.24, 2.45) is 7.05 Å². The number of nitrogens with one attached hydrogen (secondary N) is 1. The van der Waals surface area contributed by atoms with Gasteiger partial charge in [0.1, 0.15) is 5.82 Å². The summed E-state index contributed by atoms with van der Waals surface area (Å²) >= 11 is 0. The van der Waals surface area contributed by atoms with E-state index in [1.165, 1.54) is 50.2 Å². The van der Waals surface area contributed by atoms with Gasteiger partial charge in [0.25, 0.3) is 0 Å². The second-order valence-electron chi connectivity index (χ2n) is 7.49. The van der Waals surface area contributed by atoms with Crippen LogP contribution >= 0.6 is 0 Å². The number of hydrogen-bond acceptors (Lipinski definition) is 5. The summed E-state index contributed by atoms with van der Waals surface area (Å²) in [6.07, 6.45) is 5.42. The Morgan fingerprint density at radius 1 is 1.12 bits per heavy atom. The number of fused-ring (bicyclic) bond motifs is 1. The van der Waals surface area contributed by atoms with Crippen LogP contribution in [0.15, 0.2) is 0 Å². The van der Waals surface area contributed by atoms with Gasteiger partial charge in [-0.25, -0.2) is 0 Å². The molecule has 2 atom stereocenters. The summed E-state index contributed by atoms with van der Waals surface area (Å²) in [5, 5.41) is 8.57. The lowest BCUT2D eigenvalue weighted by Crippen LogP contribution is -2.45. The normalized spacial score (nSPS) is 28.3. The molecule has 134 valence electrons. The fraction of sp³-hybridized carbons (Fsp3) is 0.833. The van der Waals surface area contributed by atoms with Gasteiger partial charge in [0.05, 0.1) is 18.9 Å². The molecule has 0 unspecified atom stereocenters. The Morgan fingerprint density at radius 3 is 2.79 bits per heavy atom. The Labute approximate surface area is 145 Å². The summed E-state index contributed by atoms with van der Waals surface area (Å²) in [6, 6.07) is 1.39. The van der Waals surface area contributed by atoms with Crippen molar-refractivity contribution in [3.63, 3.8) is 0 Å². The number of hydrogen-bond donors (Lipinski definition) is 1. The third-order valence-corrected chi connectivity index (χ3v) is 6.02. The van der Waals surface area contributed by atoms with E-state index in [9.17, 15) is 0 Å². The molecule has 3 saturated heterocycles. The zero-order chi connectivity index (χ0) is 16.5. The lowest BCUT2D eigenvalue weighted by molar-refractivity contribution is 0.122. The highest BCUT2D eigenvalue weighted by molar-refractivity contribution is 5.50. The second-order valence-corrected chi connectivity index (χ2v) is 7.49. The first-order valence-corrected chi connectivity index (χ1v) is 9.56. The van der Waals surface area contributed by atoms with Crippen molar-refractivity contribution in [1.29, 1.82) is 0 Å². The van der Waals surface area contributed by atoms with Gasteiger partial charge < -0.3 is 15.0 Å². The quantitative estimate of drug-likeness (QED) is 0.899. The molecule has 4 rings (SSSR count). The Bertz CT molecular complexity index is 566. The second kappa shape index (κ2) is 7.02. The Morgan fingerprint density at radius 2 is 1.96 bits per heavy atom. The topological polar surface area (TPSA) is 45.6 Å². The van der Waals surface area contributed by atoms with Crippen molar-refractivity contribution in [2.45, 2.75) is 51.2 Å². The highest BCUT2D eigenvalue weighted by atomic mass is 16.5. The molecule has 0 saturated carbocycles. The highest BCUT2D eigenvalue weighted by Crippen LogP contribution is 2.29. The van der Waals surface area contributed by atoms with Gasteiger partial charge in [-0.2, -0.15) is 5.10 Å². The van der Waals surface area contributed by atoms with Crippen molar-refractivity contribution in [3.8, 4) is 0 Å². The monoisotopic (exact) mass is 333 g/mol. The molecule has 0 radical (unpaired) electrons. The predicted molar refractivity (Wildman–Crippen MR) is 95.4 cm³/mol. The largest absolute Gasteiger partial charge is 0.378 e. The maximum absolute atomic E-state index is 5.52. The molecule has 4 heterocycles. The SMILES string of the molecule is Cc1nn(C)c(N2CCOCC2)c1CN[C@H]1CCN2CCCC[C@H]12. The van der Waals surface area contributed by atoms with Crippen LogP contribution in [0.25, 0.3) is 0 Å². The van der Waals surface area contributed by atoms with Crippen LogP contribution in [0.2, 0.25) is 0 Å². The van der Waals surface area contributed by atoms with E-state index < -0.39 is 0 Å². The zero-order valence-corrected chi connectivity index (χ0v) is 15.1. The molecule has 0 amide bonds. The summed E-state index contributed by atoms with van der Waals surface area (Å²) < 4.78 is 7.57. The first-order valence-electron chi connectivity index (χ1n) is 9.56. The average Bonchev–Trinajstić information content (AvgIpc) is 3.14. The number of morpholine rings is 1. The van der Waals surface area contributed by atoms with Crippen molar-refractivity contribution < 1.29 is 4.74 Å². The molecule has 3 fully saturated rings. The standard InChI is InChI=1S/C18H31N5O/c1-14-15(18(21(2)20-14)23-9-11-24-12-10-23)13-19-16-6-8-22-7-4-3-5-17(16)22/h16-17,19H,3-13H2,1-2H3/t16-,17+/m0/s1. The molecule has 24 heavy (non-hydrogen) atoms. The molecular weight excluding hydrogens is 302 g/mol. The summed E-state index contributed by atoms with van der Waals surface area (Å²) in [4.78, 5) is 5.13. The molecule has 1 N–H and O–H groups in total. The van der Waals surface area contributed by atoms with Crippen LogP contribution in [-0.4, -0.2) is 66.2 Å². The smallest absolute Gasteiger partial charge is 0.131 e. The van der Waals surface area contributed by atoms with Gasteiger partial charge in [-0.05, 0) is 32.7 Å². The van der Waals surface area contributed by atoms with Crippen LogP contribution in [-0.2, 0) is 18.3 Å². The van der Waals surface area contributed by atoms with Crippen LogP contribution in [0.4, 0.5) is 5.82 Å². The lowest BCUT2D eigenvalue weighted by atomic mass is 9.99. The number of rotatable bonds is 4. The number of aromatic nitrogens is 2. The number of aryl methyl sites for hydroxylation is 2. The first kappa shape index (κ1) is 16.4. The van der Waals surface area contributed by atoms with E-state index in [0.717, 1.165) is 44.6 Å². The van der Waals surface area contributed by atoms with Crippen LogP contribution in [0, 0.1) is 6.92 Å². The molecule has 0 bridgehead atoms. The van der Waals surface area contributed by atoms with E-state index in [1.54, 1.807) is 0 Å². The van der Waals surface area contributed by atoms with Gasteiger partial charge in [0.15, 0.2) is 0 Å². The fourth-order valence-corrected chi connectivity index (χ4v) is 4.79. The molecule has 6 heteroatoms. The molecule has 1 aromatic heterocycles. The minimum atomic E-state index is 0.641. The van der Waals surface area contributed by atoms with E-state index in [1.807, 2.05) is 0 Å². The van der Waals surface area contributed by atoms with E-state index in [4.69, 9.17) is 9.84 Å². The fourth-order valence-electron chi connectivity index (χ4n) is 4.79. The molecule has 3 aliphatic rings. The van der Waals surface area contributed by atoms with Gasteiger partial charge in [0.2, 0.25) is 0 Å². The molecule has 6 nitrogen and oxygen atoms in total. The Kier molecular flexibility index (Phi) is 4.79. The van der Waals surface area contributed by atoms with Gasteiger partial charge >= 0.3 is 0 Å².